The predicted molar refractivity (Wildman–Crippen MR) is 64.8 cm³/mol. The van der Waals surface area contributed by atoms with Crippen LogP contribution in [0.5, 0.6) is 0 Å². The highest BCUT2D eigenvalue weighted by Gasteiger charge is 2.12. The van der Waals surface area contributed by atoms with Crippen LogP contribution >= 0.6 is 15.9 Å². The normalized spacial score (nSPS) is 18.0. The molecule has 0 aliphatic carbocycles. The topological polar surface area (TPSA) is 28.2 Å². The molecule has 1 fully saturated rings. The van der Waals surface area contributed by atoms with E-state index in [-0.39, 0.29) is 0 Å². The zero-order chi connectivity index (χ0) is 10.7. The number of hydrogen-bond acceptors (Lipinski definition) is 3. The third-order valence-electron chi connectivity index (χ3n) is 2.64. The summed E-state index contributed by atoms with van der Waals surface area (Å²) in [5.41, 5.74) is 2.24. The van der Waals surface area contributed by atoms with Crippen LogP contribution in [-0.4, -0.2) is 36.1 Å². The smallest absolute Gasteiger partial charge is 0.0688 e. The van der Waals surface area contributed by atoms with Gasteiger partial charge in [0.05, 0.1) is 5.69 Å². The van der Waals surface area contributed by atoms with Gasteiger partial charge in [0.15, 0.2) is 0 Å². The molecule has 1 aliphatic rings. The summed E-state index contributed by atoms with van der Waals surface area (Å²) in [6, 6.07) is 4.12. The third kappa shape index (κ3) is 3.00. The fraction of sp³-hybridized carbons (Fsp3) is 0.545. The predicted octanol–water partition coefficient (Wildman–Crippen LogP) is 1.56. The van der Waals surface area contributed by atoms with Crippen LogP contribution < -0.4 is 5.32 Å². The van der Waals surface area contributed by atoms with Gasteiger partial charge in [-0.15, -0.1) is 0 Å². The first kappa shape index (κ1) is 11.0. The molecule has 1 saturated heterocycles. The Bertz CT molecular complexity index is 335. The fourth-order valence-corrected chi connectivity index (χ4v) is 2.13. The first-order valence-corrected chi connectivity index (χ1v) is 6.10. The monoisotopic (exact) mass is 269 g/mol. The van der Waals surface area contributed by atoms with Crippen molar-refractivity contribution < 1.29 is 0 Å². The van der Waals surface area contributed by atoms with Gasteiger partial charge >= 0.3 is 0 Å². The lowest BCUT2D eigenvalue weighted by Gasteiger charge is -2.27. The van der Waals surface area contributed by atoms with Crippen LogP contribution in [0.4, 0.5) is 0 Å². The standard InChI is InChI=1S/C11H16BrN3/c1-9-2-3-10(12)11(14-9)8-15-6-4-13-5-7-15/h2-3,13H,4-8H2,1H3. The Labute approximate surface area is 99.0 Å². The third-order valence-corrected chi connectivity index (χ3v) is 3.36. The zero-order valence-electron chi connectivity index (χ0n) is 8.96. The van der Waals surface area contributed by atoms with Crippen molar-refractivity contribution in [2.24, 2.45) is 0 Å². The molecule has 0 amide bonds. The largest absolute Gasteiger partial charge is 0.314 e. The first-order valence-electron chi connectivity index (χ1n) is 5.31. The van der Waals surface area contributed by atoms with Crippen LogP contribution in [0.3, 0.4) is 0 Å². The SMILES string of the molecule is Cc1ccc(Br)c(CN2CCNCC2)n1. The Morgan fingerprint density at radius 1 is 1.40 bits per heavy atom. The molecule has 82 valence electrons. The van der Waals surface area contributed by atoms with Gasteiger partial charge in [-0.2, -0.15) is 0 Å². The number of aryl methyl sites for hydroxylation is 1. The molecule has 15 heavy (non-hydrogen) atoms. The van der Waals surface area contributed by atoms with Gasteiger partial charge in [0.1, 0.15) is 0 Å². The fourth-order valence-electron chi connectivity index (χ4n) is 1.79. The molecule has 0 atom stereocenters. The van der Waals surface area contributed by atoms with E-state index in [0.717, 1.165) is 48.6 Å². The van der Waals surface area contributed by atoms with Crippen molar-refractivity contribution in [2.45, 2.75) is 13.5 Å². The van der Waals surface area contributed by atoms with Crippen LogP contribution in [0, 0.1) is 6.92 Å². The second-order valence-electron chi connectivity index (χ2n) is 3.91. The van der Waals surface area contributed by atoms with Gasteiger partial charge < -0.3 is 5.32 Å². The second-order valence-corrected chi connectivity index (χ2v) is 4.76. The average Bonchev–Trinajstić information content (AvgIpc) is 2.25. The number of halogens is 1. The number of nitrogens with zero attached hydrogens (tertiary/aromatic N) is 2. The van der Waals surface area contributed by atoms with Gasteiger partial charge in [-0.1, -0.05) is 0 Å². The summed E-state index contributed by atoms with van der Waals surface area (Å²) in [4.78, 5) is 6.99. The second kappa shape index (κ2) is 5.05. The number of rotatable bonds is 2. The Kier molecular flexibility index (Phi) is 3.72. The molecule has 0 unspecified atom stereocenters. The van der Waals surface area contributed by atoms with Crippen LogP contribution in [0.2, 0.25) is 0 Å². The molecule has 4 heteroatoms. The van der Waals surface area contributed by atoms with Crippen molar-refractivity contribution in [3.05, 3.63) is 28.0 Å². The Balaban J connectivity index is 2.05. The Morgan fingerprint density at radius 3 is 2.87 bits per heavy atom. The van der Waals surface area contributed by atoms with E-state index >= 15 is 0 Å². The molecule has 0 saturated carbocycles. The summed E-state index contributed by atoms with van der Waals surface area (Å²) in [5.74, 6) is 0. The molecule has 3 nitrogen and oxygen atoms in total. The van der Waals surface area contributed by atoms with Crippen molar-refractivity contribution in [3.63, 3.8) is 0 Å². The molecule has 2 heterocycles. The quantitative estimate of drug-likeness (QED) is 0.884. The van der Waals surface area contributed by atoms with Gasteiger partial charge in [0.2, 0.25) is 0 Å². The Hall–Kier alpha value is -0.450. The molecule has 1 aromatic rings. The van der Waals surface area contributed by atoms with E-state index in [1.54, 1.807) is 0 Å². The van der Waals surface area contributed by atoms with Gasteiger partial charge in [0.25, 0.3) is 0 Å². The molecular weight excluding hydrogens is 254 g/mol. The highest BCUT2D eigenvalue weighted by molar-refractivity contribution is 9.10. The van der Waals surface area contributed by atoms with Crippen molar-refractivity contribution in [1.29, 1.82) is 0 Å². The van der Waals surface area contributed by atoms with E-state index in [1.807, 2.05) is 13.0 Å². The van der Waals surface area contributed by atoms with Crippen LogP contribution in [-0.2, 0) is 6.54 Å². The molecular formula is C11H16BrN3. The van der Waals surface area contributed by atoms with E-state index in [0.29, 0.717) is 0 Å². The highest BCUT2D eigenvalue weighted by Crippen LogP contribution is 2.16. The van der Waals surface area contributed by atoms with Crippen molar-refractivity contribution >= 4 is 15.9 Å². The van der Waals surface area contributed by atoms with E-state index < -0.39 is 0 Å². The highest BCUT2D eigenvalue weighted by atomic mass is 79.9. The summed E-state index contributed by atoms with van der Waals surface area (Å²) in [7, 11) is 0. The minimum absolute atomic E-state index is 0.948. The van der Waals surface area contributed by atoms with Gasteiger partial charge in [-0.3, -0.25) is 9.88 Å². The minimum atomic E-state index is 0.948. The lowest BCUT2D eigenvalue weighted by atomic mass is 10.2. The molecule has 1 aromatic heterocycles. The molecule has 0 spiro atoms. The maximum absolute atomic E-state index is 4.56. The average molecular weight is 270 g/mol. The number of nitrogens with one attached hydrogen (secondary N) is 1. The van der Waals surface area contributed by atoms with Crippen molar-refractivity contribution in [1.82, 2.24) is 15.2 Å². The number of hydrogen-bond donors (Lipinski definition) is 1. The lowest BCUT2D eigenvalue weighted by molar-refractivity contribution is 0.230. The summed E-state index contributed by atoms with van der Waals surface area (Å²) in [5, 5.41) is 3.35. The van der Waals surface area contributed by atoms with Crippen LogP contribution in [0.1, 0.15) is 11.4 Å². The van der Waals surface area contributed by atoms with Gasteiger partial charge in [0, 0.05) is 42.9 Å². The summed E-state index contributed by atoms with van der Waals surface area (Å²) >= 11 is 3.55. The number of pyridine rings is 1. The van der Waals surface area contributed by atoms with Crippen molar-refractivity contribution in [3.8, 4) is 0 Å². The summed E-state index contributed by atoms with van der Waals surface area (Å²) in [6.07, 6.45) is 0. The van der Waals surface area contributed by atoms with Gasteiger partial charge in [-0.25, -0.2) is 0 Å². The molecule has 0 aromatic carbocycles. The first-order chi connectivity index (χ1) is 7.25. The molecule has 1 aliphatic heterocycles. The van der Waals surface area contributed by atoms with E-state index in [9.17, 15) is 0 Å². The maximum Gasteiger partial charge on any atom is 0.0688 e. The summed E-state index contributed by atoms with van der Waals surface area (Å²) in [6.45, 7) is 7.38. The van der Waals surface area contributed by atoms with Crippen LogP contribution in [0.15, 0.2) is 16.6 Å². The van der Waals surface area contributed by atoms with E-state index in [4.69, 9.17) is 0 Å². The lowest BCUT2D eigenvalue weighted by Crippen LogP contribution is -2.43. The number of aromatic nitrogens is 1. The van der Waals surface area contributed by atoms with E-state index in [2.05, 4.69) is 37.2 Å². The number of piperazine rings is 1. The van der Waals surface area contributed by atoms with Crippen molar-refractivity contribution in [2.75, 3.05) is 26.2 Å². The zero-order valence-corrected chi connectivity index (χ0v) is 10.5. The summed E-state index contributed by atoms with van der Waals surface area (Å²) < 4.78 is 1.12. The Morgan fingerprint density at radius 2 is 2.13 bits per heavy atom. The molecule has 2 rings (SSSR count). The molecule has 0 bridgehead atoms. The molecule has 0 radical (unpaired) electrons. The molecule has 1 N–H and O–H groups in total. The van der Waals surface area contributed by atoms with E-state index in [1.165, 1.54) is 0 Å². The minimum Gasteiger partial charge on any atom is -0.314 e. The van der Waals surface area contributed by atoms with Gasteiger partial charge in [-0.05, 0) is 35.0 Å². The van der Waals surface area contributed by atoms with Crippen LogP contribution in [0.25, 0.3) is 0 Å². The maximum atomic E-state index is 4.56.